The molecule has 106 valence electrons. The zero-order valence-corrected chi connectivity index (χ0v) is 11.9. The lowest BCUT2D eigenvalue weighted by atomic mass is 10.1. The van der Waals surface area contributed by atoms with Gasteiger partial charge in [0, 0.05) is 26.2 Å². The Balaban J connectivity index is 2.24. The van der Waals surface area contributed by atoms with Gasteiger partial charge in [-0.25, -0.2) is 0 Å². The largest absolute Gasteiger partial charge is 0.374 e. The fourth-order valence-corrected chi connectivity index (χ4v) is 2.07. The zero-order chi connectivity index (χ0) is 13.4. The van der Waals surface area contributed by atoms with Crippen LogP contribution in [0.5, 0.6) is 0 Å². The maximum Gasteiger partial charge on any atom is 0.234 e. The van der Waals surface area contributed by atoms with E-state index in [2.05, 4.69) is 15.5 Å². The number of rotatable bonds is 6. The van der Waals surface area contributed by atoms with Crippen molar-refractivity contribution in [2.24, 2.45) is 0 Å². The average Bonchev–Trinajstić information content (AvgIpc) is 2.55. The molecule has 0 aromatic rings. The van der Waals surface area contributed by atoms with Crippen molar-refractivity contribution in [3.8, 4) is 0 Å². The monoisotopic (exact) mass is 257 g/mol. The van der Waals surface area contributed by atoms with Gasteiger partial charge in [0.2, 0.25) is 5.91 Å². The van der Waals surface area contributed by atoms with Crippen LogP contribution in [0, 0.1) is 0 Å². The maximum absolute atomic E-state index is 11.8. The third-order valence-corrected chi connectivity index (χ3v) is 3.05. The third kappa shape index (κ3) is 6.33. The molecule has 0 atom stereocenters. The van der Waals surface area contributed by atoms with E-state index in [1.54, 1.807) is 0 Å². The highest BCUT2D eigenvalue weighted by Gasteiger charge is 2.19. The van der Waals surface area contributed by atoms with Gasteiger partial charge < -0.3 is 15.4 Å². The van der Waals surface area contributed by atoms with Crippen molar-refractivity contribution < 1.29 is 9.53 Å². The van der Waals surface area contributed by atoms with Crippen molar-refractivity contribution in [3.63, 3.8) is 0 Å². The highest BCUT2D eigenvalue weighted by Crippen LogP contribution is 2.06. The number of hydrogen-bond donors (Lipinski definition) is 2. The summed E-state index contributed by atoms with van der Waals surface area (Å²) in [6.07, 6.45) is 1.11. The van der Waals surface area contributed by atoms with Crippen LogP contribution in [-0.2, 0) is 9.53 Å². The van der Waals surface area contributed by atoms with Crippen LogP contribution in [0.1, 0.15) is 27.2 Å². The molecule has 0 radical (unpaired) electrons. The molecule has 18 heavy (non-hydrogen) atoms. The Morgan fingerprint density at radius 1 is 1.39 bits per heavy atom. The van der Waals surface area contributed by atoms with E-state index in [-0.39, 0.29) is 11.5 Å². The second-order valence-electron chi connectivity index (χ2n) is 5.35. The molecule has 1 heterocycles. The van der Waals surface area contributed by atoms with Crippen LogP contribution in [0.25, 0.3) is 0 Å². The summed E-state index contributed by atoms with van der Waals surface area (Å²) >= 11 is 0. The van der Waals surface area contributed by atoms with E-state index in [1.165, 1.54) is 0 Å². The van der Waals surface area contributed by atoms with Gasteiger partial charge in [-0.3, -0.25) is 9.69 Å². The van der Waals surface area contributed by atoms with Crippen LogP contribution in [0.3, 0.4) is 0 Å². The molecule has 0 bridgehead atoms. The molecule has 1 aliphatic heterocycles. The molecule has 0 aliphatic carbocycles. The second-order valence-corrected chi connectivity index (χ2v) is 5.35. The number of amides is 1. The summed E-state index contributed by atoms with van der Waals surface area (Å²) in [7, 11) is 0. The number of nitrogens with zero attached hydrogens (tertiary/aromatic N) is 1. The fourth-order valence-electron chi connectivity index (χ4n) is 2.07. The van der Waals surface area contributed by atoms with Crippen LogP contribution >= 0.6 is 0 Å². The van der Waals surface area contributed by atoms with Crippen molar-refractivity contribution in [1.29, 1.82) is 0 Å². The van der Waals surface area contributed by atoms with Crippen molar-refractivity contribution in [3.05, 3.63) is 0 Å². The maximum atomic E-state index is 11.8. The van der Waals surface area contributed by atoms with Gasteiger partial charge in [-0.2, -0.15) is 0 Å². The Morgan fingerprint density at radius 2 is 2.17 bits per heavy atom. The quantitative estimate of drug-likeness (QED) is 0.714. The van der Waals surface area contributed by atoms with Gasteiger partial charge in [-0.1, -0.05) is 0 Å². The molecule has 1 saturated heterocycles. The Morgan fingerprint density at radius 3 is 2.89 bits per heavy atom. The number of carbonyl (C=O) groups is 1. The first-order valence-corrected chi connectivity index (χ1v) is 6.87. The molecule has 1 rings (SSSR count). The van der Waals surface area contributed by atoms with Crippen LogP contribution in [0.2, 0.25) is 0 Å². The summed E-state index contributed by atoms with van der Waals surface area (Å²) in [6.45, 7) is 11.6. The van der Waals surface area contributed by atoms with E-state index in [1.807, 2.05) is 20.8 Å². The Hall–Kier alpha value is -0.650. The number of carbonyl (C=O) groups excluding carboxylic acids is 1. The molecule has 0 spiro atoms. The number of hydrogen-bond acceptors (Lipinski definition) is 4. The minimum absolute atomic E-state index is 0.0877. The number of nitrogens with one attached hydrogen (secondary N) is 2. The lowest BCUT2D eigenvalue weighted by Gasteiger charge is -2.26. The van der Waals surface area contributed by atoms with Gasteiger partial charge in [0.1, 0.15) is 0 Å². The molecule has 5 nitrogen and oxygen atoms in total. The molecule has 0 saturated carbocycles. The Labute approximate surface area is 110 Å². The highest BCUT2D eigenvalue weighted by atomic mass is 16.5. The lowest BCUT2D eigenvalue weighted by molar-refractivity contribution is -0.123. The van der Waals surface area contributed by atoms with Crippen molar-refractivity contribution in [2.45, 2.75) is 32.8 Å². The van der Waals surface area contributed by atoms with Crippen molar-refractivity contribution in [2.75, 3.05) is 45.9 Å². The van der Waals surface area contributed by atoms with E-state index in [0.717, 1.165) is 32.6 Å². The summed E-state index contributed by atoms with van der Waals surface area (Å²) < 4.78 is 5.55. The predicted molar refractivity (Wildman–Crippen MR) is 72.6 cm³/mol. The van der Waals surface area contributed by atoms with Gasteiger partial charge in [0.25, 0.3) is 0 Å². The fraction of sp³-hybridized carbons (Fsp3) is 0.923. The molecule has 1 amide bonds. The summed E-state index contributed by atoms with van der Waals surface area (Å²) in [5.74, 6) is 0.0877. The standard InChI is InChI=1S/C13H27N3O2/c1-4-18-13(2,3)11-15-12(17)10-16-8-5-6-14-7-9-16/h14H,4-11H2,1-3H3,(H,15,17). The summed E-state index contributed by atoms with van der Waals surface area (Å²) in [4.78, 5) is 14.0. The van der Waals surface area contributed by atoms with E-state index >= 15 is 0 Å². The van der Waals surface area contributed by atoms with Crippen molar-refractivity contribution >= 4 is 5.91 Å². The second kappa shape index (κ2) is 7.71. The summed E-state index contributed by atoms with van der Waals surface area (Å²) in [5, 5.41) is 6.28. The average molecular weight is 257 g/mol. The Bertz CT molecular complexity index is 249. The van der Waals surface area contributed by atoms with Crippen LogP contribution in [-0.4, -0.2) is 62.3 Å². The summed E-state index contributed by atoms with van der Waals surface area (Å²) in [6, 6.07) is 0. The van der Waals surface area contributed by atoms with E-state index in [0.29, 0.717) is 19.7 Å². The predicted octanol–water partition coefficient (Wildman–Crippen LogP) is 0.213. The van der Waals surface area contributed by atoms with Crippen molar-refractivity contribution in [1.82, 2.24) is 15.5 Å². The smallest absolute Gasteiger partial charge is 0.234 e. The van der Waals surface area contributed by atoms with E-state index in [9.17, 15) is 4.79 Å². The van der Waals surface area contributed by atoms with Crippen LogP contribution in [0.4, 0.5) is 0 Å². The normalized spacial score (nSPS) is 18.4. The molecule has 0 unspecified atom stereocenters. The van der Waals surface area contributed by atoms with Gasteiger partial charge in [0.15, 0.2) is 0 Å². The Kier molecular flexibility index (Phi) is 6.60. The topological polar surface area (TPSA) is 53.6 Å². The minimum atomic E-state index is -0.287. The van der Waals surface area contributed by atoms with Gasteiger partial charge in [-0.05, 0) is 40.3 Å². The molecule has 5 heteroatoms. The zero-order valence-electron chi connectivity index (χ0n) is 11.9. The SMILES string of the molecule is CCOC(C)(C)CNC(=O)CN1CCCNCC1. The molecule has 2 N–H and O–H groups in total. The van der Waals surface area contributed by atoms with E-state index < -0.39 is 0 Å². The molecule has 1 aliphatic rings. The van der Waals surface area contributed by atoms with Crippen LogP contribution in [0.15, 0.2) is 0 Å². The number of ether oxygens (including phenoxy) is 1. The lowest BCUT2D eigenvalue weighted by Crippen LogP contribution is -2.45. The molecule has 0 aromatic heterocycles. The van der Waals surface area contributed by atoms with Gasteiger partial charge >= 0.3 is 0 Å². The van der Waals surface area contributed by atoms with E-state index in [4.69, 9.17) is 4.74 Å². The third-order valence-electron chi connectivity index (χ3n) is 3.05. The highest BCUT2D eigenvalue weighted by molar-refractivity contribution is 5.78. The molecular weight excluding hydrogens is 230 g/mol. The molecule has 1 fully saturated rings. The van der Waals surface area contributed by atoms with Gasteiger partial charge in [-0.15, -0.1) is 0 Å². The summed E-state index contributed by atoms with van der Waals surface area (Å²) in [5.41, 5.74) is -0.287. The first-order valence-electron chi connectivity index (χ1n) is 6.87. The van der Waals surface area contributed by atoms with Crippen LogP contribution < -0.4 is 10.6 Å². The molecule has 0 aromatic carbocycles. The first kappa shape index (κ1) is 15.4. The van der Waals surface area contributed by atoms with Gasteiger partial charge in [0.05, 0.1) is 12.1 Å². The molecular formula is C13H27N3O2. The first-order chi connectivity index (χ1) is 8.53. The minimum Gasteiger partial charge on any atom is -0.374 e.